The number of nitrogens with zero attached hydrogens (tertiary/aromatic N) is 2. The molecule has 1 aliphatic heterocycles. The van der Waals surface area contributed by atoms with E-state index in [4.69, 9.17) is 9.47 Å². The first kappa shape index (κ1) is 28.0. The summed E-state index contributed by atoms with van der Waals surface area (Å²) in [6.07, 6.45) is 3.03. The summed E-state index contributed by atoms with van der Waals surface area (Å²) in [5.41, 5.74) is 3.31. The van der Waals surface area contributed by atoms with Crippen molar-refractivity contribution in [1.29, 1.82) is 0 Å². The number of hydrogen-bond donors (Lipinski definition) is 0. The second kappa shape index (κ2) is 13.5. The lowest BCUT2D eigenvalue weighted by Crippen LogP contribution is -2.35. The highest BCUT2D eigenvalue weighted by Crippen LogP contribution is 2.32. The topological polar surface area (TPSA) is 42.0 Å². The van der Waals surface area contributed by atoms with Crippen molar-refractivity contribution in [3.63, 3.8) is 0 Å². The van der Waals surface area contributed by atoms with Crippen LogP contribution < -0.4 is 9.47 Å². The fourth-order valence-corrected chi connectivity index (χ4v) is 3.87. The maximum absolute atomic E-state index is 13.0. The van der Waals surface area contributed by atoms with Gasteiger partial charge in [-0.05, 0) is 73.8 Å². The summed E-state index contributed by atoms with van der Waals surface area (Å²) >= 11 is 0. The van der Waals surface area contributed by atoms with Gasteiger partial charge < -0.3 is 19.3 Å². The zero-order valence-electron chi connectivity index (χ0n) is 18.9. The number of hydrogen-bond acceptors (Lipinski definition) is 4. The maximum Gasteiger partial charge on any atom is 0.227 e. The van der Waals surface area contributed by atoms with Gasteiger partial charge in [0, 0.05) is 19.6 Å². The monoisotopic (exact) mass is 486 g/mol. The van der Waals surface area contributed by atoms with E-state index < -0.39 is 0 Å². The first-order valence-electron chi connectivity index (χ1n) is 10.4. The minimum absolute atomic E-state index is 0. The summed E-state index contributed by atoms with van der Waals surface area (Å²) < 4.78 is 23.8. The highest BCUT2D eigenvalue weighted by atomic mass is 35.5. The van der Waals surface area contributed by atoms with Crippen molar-refractivity contribution in [2.24, 2.45) is 0 Å². The number of benzene rings is 2. The molecule has 0 aromatic heterocycles. The van der Waals surface area contributed by atoms with Crippen molar-refractivity contribution in [2.45, 2.75) is 25.7 Å². The Morgan fingerprint density at radius 2 is 1.62 bits per heavy atom. The number of halogens is 3. The molecule has 32 heavy (non-hydrogen) atoms. The number of rotatable bonds is 9. The third kappa shape index (κ3) is 7.54. The van der Waals surface area contributed by atoms with Crippen molar-refractivity contribution in [3.8, 4) is 11.5 Å². The highest BCUT2D eigenvalue weighted by Gasteiger charge is 2.22. The lowest BCUT2D eigenvalue weighted by Gasteiger charge is -2.22. The molecule has 0 unspecified atom stereocenters. The van der Waals surface area contributed by atoms with Crippen molar-refractivity contribution < 1.29 is 18.7 Å². The number of carbonyl (C=O) groups excluding carboxylic acids is 1. The summed E-state index contributed by atoms with van der Waals surface area (Å²) in [7, 11) is 5.33. The molecule has 1 heterocycles. The molecule has 1 aliphatic rings. The summed E-state index contributed by atoms with van der Waals surface area (Å²) in [6.45, 7) is 3.30. The van der Waals surface area contributed by atoms with Crippen LogP contribution in [0.15, 0.2) is 36.4 Å². The molecule has 0 atom stereocenters. The van der Waals surface area contributed by atoms with Gasteiger partial charge in [-0.2, -0.15) is 0 Å². The van der Waals surface area contributed by atoms with Gasteiger partial charge in [0.1, 0.15) is 5.82 Å². The summed E-state index contributed by atoms with van der Waals surface area (Å²) in [5.74, 6) is 1.34. The Bertz CT molecular complexity index is 865. The predicted molar refractivity (Wildman–Crippen MR) is 130 cm³/mol. The molecular formula is C24H33Cl2FN2O3. The molecule has 0 aliphatic carbocycles. The van der Waals surface area contributed by atoms with Gasteiger partial charge in [0.05, 0.1) is 20.6 Å². The third-order valence-electron chi connectivity index (χ3n) is 5.71. The molecular weight excluding hydrogens is 454 g/mol. The van der Waals surface area contributed by atoms with Gasteiger partial charge in [0.2, 0.25) is 5.91 Å². The molecule has 8 heteroatoms. The van der Waals surface area contributed by atoms with Crippen LogP contribution in [0, 0.1) is 5.82 Å². The smallest absolute Gasteiger partial charge is 0.227 e. The van der Waals surface area contributed by atoms with Gasteiger partial charge in [-0.1, -0.05) is 12.1 Å². The van der Waals surface area contributed by atoms with Crippen molar-refractivity contribution in [2.75, 3.05) is 47.4 Å². The Balaban J connectivity index is 0.00000256. The van der Waals surface area contributed by atoms with Crippen LogP contribution >= 0.6 is 24.8 Å². The van der Waals surface area contributed by atoms with Crippen LogP contribution in [-0.4, -0.2) is 63.2 Å². The van der Waals surface area contributed by atoms with E-state index in [1.807, 2.05) is 29.2 Å². The number of ether oxygens (including phenoxy) is 2. The molecule has 0 spiro atoms. The quantitative estimate of drug-likeness (QED) is 0.533. The van der Waals surface area contributed by atoms with Crippen LogP contribution in [0.3, 0.4) is 0 Å². The summed E-state index contributed by atoms with van der Waals surface area (Å²) in [5, 5.41) is 0. The molecule has 0 radical (unpaired) electrons. The molecule has 0 saturated heterocycles. The second-order valence-corrected chi connectivity index (χ2v) is 7.82. The normalized spacial score (nSPS) is 13.0. The standard InChI is InChI=1S/C24H31FN2O3.2ClH/c1-26(13-9-18-5-7-21(25)8-6-18)11-4-12-27-14-10-19-15-22(29-2)23(30-3)16-20(19)17-24(27)28;;/h5-8,15-16H,4,9-14,17H2,1-3H3;2*1H. The van der Waals surface area contributed by atoms with E-state index in [-0.39, 0.29) is 36.5 Å². The van der Waals surface area contributed by atoms with E-state index in [1.54, 1.807) is 14.2 Å². The number of likely N-dealkylation sites (N-methyl/N-ethyl adjacent to an activating group) is 1. The number of methoxy groups -OCH3 is 2. The fourth-order valence-electron chi connectivity index (χ4n) is 3.87. The van der Waals surface area contributed by atoms with Crippen LogP contribution in [0.25, 0.3) is 0 Å². The molecule has 1 amide bonds. The predicted octanol–water partition coefficient (Wildman–Crippen LogP) is 4.18. The Kier molecular flexibility index (Phi) is 11.8. The fraction of sp³-hybridized carbons (Fsp3) is 0.458. The molecule has 5 nitrogen and oxygen atoms in total. The zero-order valence-corrected chi connectivity index (χ0v) is 20.6. The van der Waals surface area contributed by atoms with E-state index >= 15 is 0 Å². The summed E-state index contributed by atoms with van der Waals surface area (Å²) in [6, 6.07) is 10.6. The van der Waals surface area contributed by atoms with E-state index in [9.17, 15) is 9.18 Å². The average Bonchev–Trinajstić information content (AvgIpc) is 2.90. The van der Waals surface area contributed by atoms with Crippen LogP contribution in [0.2, 0.25) is 0 Å². The SMILES string of the molecule is COc1cc2c(cc1OC)CC(=O)N(CCCN(C)CCc1ccc(F)cc1)CC2.Cl.Cl. The first-order chi connectivity index (χ1) is 14.5. The van der Waals surface area contributed by atoms with E-state index in [1.165, 1.54) is 12.1 Å². The van der Waals surface area contributed by atoms with E-state index in [2.05, 4.69) is 11.9 Å². The van der Waals surface area contributed by atoms with Gasteiger partial charge in [0.25, 0.3) is 0 Å². The number of fused-ring (bicyclic) bond motifs is 1. The molecule has 0 fully saturated rings. The van der Waals surface area contributed by atoms with Crippen molar-refractivity contribution >= 4 is 30.7 Å². The van der Waals surface area contributed by atoms with Crippen LogP contribution in [-0.2, 0) is 24.1 Å². The zero-order chi connectivity index (χ0) is 21.5. The molecule has 2 aromatic carbocycles. The van der Waals surface area contributed by atoms with Crippen LogP contribution in [0.4, 0.5) is 4.39 Å². The Morgan fingerprint density at radius 1 is 1.00 bits per heavy atom. The Morgan fingerprint density at radius 3 is 2.25 bits per heavy atom. The molecule has 0 N–H and O–H groups in total. The minimum Gasteiger partial charge on any atom is -0.493 e. The lowest BCUT2D eigenvalue weighted by molar-refractivity contribution is -0.130. The van der Waals surface area contributed by atoms with Crippen LogP contribution in [0.1, 0.15) is 23.1 Å². The highest BCUT2D eigenvalue weighted by molar-refractivity contribution is 5.85. The molecule has 3 rings (SSSR count). The van der Waals surface area contributed by atoms with Crippen molar-refractivity contribution in [1.82, 2.24) is 9.80 Å². The van der Waals surface area contributed by atoms with E-state index in [0.29, 0.717) is 17.9 Å². The number of carbonyl (C=O) groups is 1. The number of amides is 1. The molecule has 0 saturated carbocycles. The molecule has 2 aromatic rings. The van der Waals surface area contributed by atoms with Crippen molar-refractivity contribution in [3.05, 3.63) is 58.9 Å². The molecule has 178 valence electrons. The van der Waals surface area contributed by atoms with Gasteiger partial charge in [-0.15, -0.1) is 24.8 Å². The largest absolute Gasteiger partial charge is 0.493 e. The summed E-state index contributed by atoms with van der Waals surface area (Å²) in [4.78, 5) is 17.0. The minimum atomic E-state index is -0.201. The van der Waals surface area contributed by atoms with Gasteiger partial charge in [-0.25, -0.2) is 4.39 Å². The third-order valence-corrected chi connectivity index (χ3v) is 5.71. The van der Waals surface area contributed by atoms with Gasteiger partial charge in [0.15, 0.2) is 11.5 Å². The van der Waals surface area contributed by atoms with Gasteiger partial charge >= 0.3 is 0 Å². The van der Waals surface area contributed by atoms with E-state index in [0.717, 1.165) is 62.1 Å². The van der Waals surface area contributed by atoms with Gasteiger partial charge in [-0.3, -0.25) is 4.79 Å². The first-order valence-corrected chi connectivity index (χ1v) is 10.4. The Labute approximate surface area is 202 Å². The Hall–Kier alpha value is -2.02. The molecule has 0 bridgehead atoms. The van der Waals surface area contributed by atoms with Crippen LogP contribution in [0.5, 0.6) is 11.5 Å². The second-order valence-electron chi connectivity index (χ2n) is 7.82. The average molecular weight is 487 g/mol. The lowest BCUT2D eigenvalue weighted by atomic mass is 10.0. The maximum atomic E-state index is 13.0.